The van der Waals surface area contributed by atoms with Crippen molar-refractivity contribution in [3.63, 3.8) is 0 Å². The van der Waals surface area contributed by atoms with Crippen LogP contribution < -0.4 is 5.32 Å². The number of nitrogens with one attached hydrogen (secondary N) is 1. The minimum Gasteiger partial charge on any atom is -0.376 e. The molecule has 1 amide bonds. The summed E-state index contributed by atoms with van der Waals surface area (Å²) in [6.45, 7) is 2.08. The number of aryl methyl sites for hydroxylation is 1. The van der Waals surface area contributed by atoms with Crippen LogP contribution in [0.4, 0.5) is 4.39 Å². The van der Waals surface area contributed by atoms with E-state index < -0.39 is 0 Å². The van der Waals surface area contributed by atoms with Gasteiger partial charge in [0.15, 0.2) is 0 Å². The van der Waals surface area contributed by atoms with Gasteiger partial charge in [0.05, 0.1) is 12.3 Å². The number of carbonyl (C=O) groups is 1. The Kier molecular flexibility index (Phi) is 5.59. The predicted molar refractivity (Wildman–Crippen MR) is 88.8 cm³/mol. The third-order valence-electron chi connectivity index (χ3n) is 4.15. The van der Waals surface area contributed by atoms with Gasteiger partial charge in [0, 0.05) is 37.9 Å². The van der Waals surface area contributed by atoms with Gasteiger partial charge in [-0.3, -0.25) is 9.48 Å². The maximum atomic E-state index is 12.9. The van der Waals surface area contributed by atoms with Crippen molar-refractivity contribution in [2.24, 2.45) is 0 Å². The van der Waals surface area contributed by atoms with Gasteiger partial charge in [0.1, 0.15) is 5.82 Å². The van der Waals surface area contributed by atoms with Gasteiger partial charge in [-0.25, -0.2) is 4.39 Å². The fourth-order valence-electron chi connectivity index (χ4n) is 2.80. The minimum absolute atomic E-state index is 0.0522. The lowest BCUT2D eigenvalue weighted by Gasteiger charge is -2.10. The molecule has 1 aliphatic rings. The number of halogens is 1. The second-order valence-corrected chi connectivity index (χ2v) is 6.04. The maximum absolute atomic E-state index is 12.9. The lowest BCUT2D eigenvalue weighted by molar-refractivity contribution is -0.121. The summed E-state index contributed by atoms with van der Waals surface area (Å²) in [5.41, 5.74) is 1.87. The van der Waals surface area contributed by atoms with E-state index in [1.807, 2.05) is 10.9 Å². The van der Waals surface area contributed by atoms with Crippen LogP contribution in [0.25, 0.3) is 11.1 Å². The molecule has 0 radical (unpaired) electrons. The van der Waals surface area contributed by atoms with Gasteiger partial charge in [0.2, 0.25) is 5.91 Å². The monoisotopic (exact) mass is 331 g/mol. The van der Waals surface area contributed by atoms with Gasteiger partial charge >= 0.3 is 0 Å². The van der Waals surface area contributed by atoms with Crippen molar-refractivity contribution in [1.29, 1.82) is 0 Å². The van der Waals surface area contributed by atoms with Gasteiger partial charge in [0.25, 0.3) is 0 Å². The van der Waals surface area contributed by atoms with E-state index in [-0.39, 0.29) is 17.8 Å². The van der Waals surface area contributed by atoms with E-state index in [0.29, 0.717) is 19.5 Å². The summed E-state index contributed by atoms with van der Waals surface area (Å²) < 4.78 is 20.2. The normalized spacial score (nSPS) is 17.1. The Morgan fingerprint density at radius 3 is 2.92 bits per heavy atom. The Hall–Kier alpha value is -2.21. The van der Waals surface area contributed by atoms with Gasteiger partial charge in [-0.05, 0) is 37.0 Å². The highest BCUT2D eigenvalue weighted by atomic mass is 19.1. The van der Waals surface area contributed by atoms with Gasteiger partial charge in [-0.15, -0.1) is 0 Å². The number of benzene rings is 1. The van der Waals surface area contributed by atoms with Crippen molar-refractivity contribution in [2.75, 3.05) is 13.2 Å². The molecule has 1 aromatic heterocycles. The third kappa shape index (κ3) is 4.64. The van der Waals surface area contributed by atoms with Crippen molar-refractivity contribution in [1.82, 2.24) is 15.1 Å². The van der Waals surface area contributed by atoms with Crippen LogP contribution in [-0.2, 0) is 16.1 Å². The number of ether oxygens (including phenoxy) is 1. The zero-order valence-electron chi connectivity index (χ0n) is 13.6. The number of hydrogen-bond donors (Lipinski definition) is 1. The smallest absolute Gasteiger partial charge is 0.220 e. The quantitative estimate of drug-likeness (QED) is 0.849. The van der Waals surface area contributed by atoms with E-state index in [1.54, 1.807) is 18.3 Å². The SMILES string of the molecule is O=C(CCCn1cc(-c2ccc(F)cc2)cn1)NC[C@H]1CCCO1. The highest BCUT2D eigenvalue weighted by Gasteiger charge is 2.15. The summed E-state index contributed by atoms with van der Waals surface area (Å²) in [5, 5.41) is 7.21. The first-order chi connectivity index (χ1) is 11.7. The minimum atomic E-state index is -0.250. The summed E-state index contributed by atoms with van der Waals surface area (Å²) in [4.78, 5) is 11.8. The number of hydrogen-bond acceptors (Lipinski definition) is 3. The summed E-state index contributed by atoms with van der Waals surface area (Å²) in [7, 11) is 0. The zero-order valence-corrected chi connectivity index (χ0v) is 13.6. The molecule has 2 heterocycles. The van der Waals surface area contributed by atoms with E-state index in [0.717, 1.165) is 37.0 Å². The van der Waals surface area contributed by atoms with Gasteiger partial charge in [-0.1, -0.05) is 12.1 Å². The van der Waals surface area contributed by atoms with Crippen molar-refractivity contribution >= 4 is 5.91 Å². The Morgan fingerprint density at radius 2 is 2.17 bits per heavy atom. The molecule has 24 heavy (non-hydrogen) atoms. The predicted octanol–water partition coefficient (Wildman–Crippen LogP) is 2.76. The van der Waals surface area contributed by atoms with E-state index >= 15 is 0 Å². The van der Waals surface area contributed by atoms with Crippen LogP contribution in [-0.4, -0.2) is 34.9 Å². The lowest BCUT2D eigenvalue weighted by Crippen LogP contribution is -2.31. The molecule has 1 N–H and O–H groups in total. The molecular weight excluding hydrogens is 309 g/mol. The first kappa shape index (κ1) is 16.6. The number of rotatable bonds is 7. The van der Waals surface area contributed by atoms with E-state index in [4.69, 9.17) is 4.74 Å². The molecule has 1 atom stereocenters. The van der Waals surface area contributed by atoms with Crippen molar-refractivity contribution in [3.05, 3.63) is 42.5 Å². The molecule has 6 heteroatoms. The number of nitrogens with zero attached hydrogens (tertiary/aromatic N) is 2. The van der Waals surface area contributed by atoms with Crippen LogP contribution in [0.15, 0.2) is 36.7 Å². The second-order valence-electron chi connectivity index (χ2n) is 6.04. The van der Waals surface area contributed by atoms with Crippen LogP contribution in [0.2, 0.25) is 0 Å². The number of amides is 1. The summed E-state index contributed by atoms with van der Waals surface area (Å²) >= 11 is 0. The molecule has 1 saturated heterocycles. The topological polar surface area (TPSA) is 56.2 Å². The molecule has 3 rings (SSSR count). The molecule has 2 aromatic rings. The van der Waals surface area contributed by atoms with Crippen molar-refractivity contribution in [3.8, 4) is 11.1 Å². The average Bonchev–Trinajstić information content (AvgIpc) is 3.25. The Balaban J connectivity index is 1.40. The highest BCUT2D eigenvalue weighted by Crippen LogP contribution is 2.18. The van der Waals surface area contributed by atoms with Crippen LogP contribution in [0.3, 0.4) is 0 Å². The molecule has 128 valence electrons. The fraction of sp³-hybridized carbons (Fsp3) is 0.444. The standard InChI is InChI=1S/C18H22FN3O2/c19-16-7-5-14(6-8-16)15-11-21-22(13-15)9-1-4-18(23)20-12-17-3-2-10-24-17/h5-8,11,13,17H,1-4,9-10,12H2,(H,20,23)/t17-/m1/s1. The third-order valence-corrected chi connectivity index (χ3v) is 4.15. The number of aromatic nitrogens is 2. The molecule has 0 unspecified atom stereocenters. The first-order valence-electron chi connectivity index (χ1n) is 8.37. The summed E-state index contributed by atoms with van der Waals surface area (Å²) in [6, 6.07) is 6.33. The molecule has 1 aromatic carbocycles. The highest BCUT2D eigenvalue weighted by molar-refractivity contribution is 5.75. The van der Waals surface area contributed by atoms with E-state index in [1.165, 1.54) is 12.1 Å². The van der Waals surface area contributed by atoms with Gasteiger partial charge < -0.3 is 10.1 Å². The van der Waals surface area contributed by atoms with Crippen LogP contribution >= 0.6 is 0 Å². The van der Waals surface area contributed by atoms with Gasteiger partial charge in [-0.2, -0.15) is 5.10 Å². The molecule has 1 fully saturated rings. The Labute approximate surface area is 140 Å². The molecule has 0 aliphatic carbocycles. The second kappa shape index (κ2) is 8.06. The molecule has 0 bridgehead atoms. The lowest BCUT2D eigenvalue weighted by atomic mass is 10.1. The van der Waals surface area contributed by atoms with E-state index in [2.05, 4.69) is 10.4 Å². The van der Waals surface area contributed by atoms with Crippen molar-refractivity contribution < 1.29 is 13.9 Å². The molecule has 5 nitrogen and oxygen atoms in total. The maximum Gasteiger partial charge on any atom is 0.220 e. The number of carbonyl (C=O) groups excluding carboxylic acids is 1. The largest absolute Gasteiger partial charge is 0.376 e. The Bertz CT molecular complexity index is 663. The van der Waals surface area contributed by atoms with Crippen LogP contribution in [0, 0.1) is 5.82 Å². The van der Waals surface area contributed by atoms with E-state index in [9.17, 15) is 9.18 Å². The van der Waals surface area contributed by atoms with Crippen molar-refractivity contribution in [2.45, 2.75) is 38.3 Å². The fourth-order valence-corrected chi connectivity index (χ4v) is 2.80. The average molecular weight is 331 g/mol. The zero-order chi connectivity index (χ0) is 16.8. The first-order valence-corrected chi connectivity index (χ1v) is 8.37. The molecule has 1 aliphatic heterocycles. The summed E-state index contributed by atoms with van der Waals surface area (Å²) in [5.74, 6) is -0.198. The molecule has 0 saturated carbocycles. The Morgan fingerprint density at radius 1 is 1.33 bits per heavy atom. The molecule has 0 spiro atoms. The summed E-state index contributed by atoms with van der Waals surface area (Å²) in [6.07, 6.45) is 7.15. The van der Waals surface area contributed by atoms with Crippen LogP contribution in [0.5, 0.6) is 0 Å². The van der Waals surface area contributed by atoms with Crippen LogP contribution in [0.1, 0.15) is 25.7 Å². The molecular formula is C18H22FN3O2.